The number of rotatable bonds is 7. The number of aromatic amines is 1. The Kier molecular flexibility index (Phi) is 6.99. The predicted octanol–water partition coefficient (Wildman–Crippen LogP) is 3.91. The lowest BCUT2D eigenvalue weighted by Crippen LogP contribution is -2.29. The van der Waals surface area contributed by atoms with E-state index in [0.29, 0.717) is 12.0 Å². The van der Waals surface area contributed by atoms with Crippen LogP contribution in [0.3, 0.4) is 0 Å². The van der Waals surface area contributed by atoms with E-state index in [9.17, 15) is 0 Å². The van der Waals surface area contributed by atoms with E-state index < -0.39 is 0 Å². The molecule has 1 saturated carbocycles. The van der Waals surface area contributed by atoms with Gasteiger partial charge < -0.3 is 19.5 Å². The molecule has 2 atom stereocenters. The number of halogens is 1. The van der Waals surface area contributed by atoms with Crippen molar-refractivity contribution in [1.82, 2.24) is 15.5 Å². The molecule has 148 valence electrons. The van der Waals surface area contributed by atoms with Crippen molar-refractivity contribution >= 4 is 12.4 Å². The average molecular weight is 394 g/mol. The predicted molar refractivity (Wildman–Crippen MR) is 106 cm³/mol. The second-order valence-electron chi connectivity index (χ2n) is 7.19. The van der Waals surface area contributed by atoms with Crippen molar-refractivity contribution in [2.24, 2.45) is 5.92 Å². The Labute approximate surface area is 166 Å². The molecule has 1 aromatic heterocycles. The van der Waals surface area contributed by atoms with Crippen molar-refractivity contribution in [3.63, 3.8) is 0 Å². The SMILES string of the molecule is CC1CCCCC1OCCNCc1cn[nH]c1-c1ccc2c(c1)OCO2.Cl. The van der Waals surface area contributed by atoms with Crippen molar-refractivity contribution in [3.05, 3.63) is 30.0 Å². The molecule has 0 saturated heterocycles. The van der Waals surface area contributed by atoms with E-state index in [1.54, 1.807) is 0 Å². The van der Waals surface area contributed by atoms with Gasteiger partial charge in [0.25, 0.3) is 0 Å². The van der Waals surface area contributed by atoms with Crippen molar-refractivity contribution < 1.29 is 14.2 Å². The Morgan fingerprint density at radius 1 is 1.22 bits per heavy atom. The minimum absolute atomic E-state index is 0. The molecule has 0 radical (unpaired) electrons. The summed E-state index contributed by atoms with van der Waals surface area (Å²) in [5, 5.41) is 10.8. The van der Waals surface area contributed by atoms with Gasteiger partial charge in [-0.05, 0) is 37.0 Å². The van der Waals surface area contributed by atoms with E-state index in [2.05, 4.69) is 22.4 Å². The zero-order valence-corrected chi connectivity index (χ0v) is 16.5. The average Bonchev–Trinajstić information content (AvgIpc) is 3.31. The number of benzene rings is 1. The highest BCUT2D eigenvalue weighted by Gasteiger charge is 2.21. The number of nitrogens with one attached hydrogen (secondary N) is 2. The van der Waals surface area contributed by atoms with Gasteiger partial charge in [-0.1, -0.05) is 19.8 Å². The third kappa shape index (κ3) is 4.75. The minimum atomic E-state index is 0. The molecule has 4 rings (SSSR count). The third-order valence-corrected chi connectivity index (χ3v) is 5.34. The van der Waals surface area contributed by atoms with Crippen molar-refractivity contribution in [2.75, 3.05) is 19.9 Å². The highest BCUT2D eigenvalue weighted by atomic mass is 35.5. The Morgan fingerprint density at radius 2 is 2.07 bits per heavy atom. The Morgan fingerprint density at radius 3 is 2.96 bits per heavy atom. The van der Waals surface area contributed by atoms with Crippen molar-refractivity contribution in [3.8, 4) is 22.8 Å². The first-order valence-electron chi connectivity index (χ1n) is 9.56. The summed E-state index contributed by atoms with van der Waals surface area (Å²) in [5.74, 6) is 2.27. The van der Waals surface area contributed by atoms with E-state index >= 15 is 0 Å². The molecule has 0 amide bonds. The summed E-state index contributed by atoms with van der Waals surface area (Å²) in [5.41, 5.74) is 3.20. The summed E-state index contributed by atoms with van der Waals surface area (Å²) < 4.78 is 16.9. The molecule has 7 heteroatoms. The fraction of sp³-hybridized carbons (Fsp3) is 0.550. The monoisotopic (exact) mass is 393 g/mol. The van der Waals surface area contributed by atoms with Crippen LogP contribution in [-0.2, 0) is 11.3 Å². The van der Waals surface area contributed by atoms with Gasteiger partial charge in [-0.3, -0.25) is 5.10 Å². The smallest absolute Gasteiger partial charge is 0.231 e. The standard InChI is InChI=1S/C20H27N3O3.ClH/c1-14-4-2-3-5-17(14)24-9-8-21-11-16-12-22-23-20(16)15-6-7-18-19(10-15)26-13-25-18;/h6-7,10,12,14,17,21H,2-5,8-9,11,13H2,1H3,(H,22,23);1H. The molecule has 6 nitrogen and oxygen atoms in total. The molecule has 1 aromatic carbocycles. The molecule has 2 aliphatic rings. The van der Waals surface area contributed by atoms with Gasteiger partial charge in [-0.15, -0.1) is 12.4 Å². The quantitative estimate of drug-likeness (QED) is 0.698. The first-order chi connectivity index (χ1) is 12.8. The first-order valence-corrected chi connectivity index (χ1v) is 9.56. The topological polar surface area (TPSA) is 68.4 Å². The van der Waals surface area contributed by atoms with Crippen molar-refractivity contribution in [2.45, 2.75) is 45.3 Å². The van der Waals surface area contributed by atoms with Crippen LogP contribution >= 0.6 is 12.4 Å². The third-order valence-electron chi connectivity index (χ3n) is 5.34. The van der Waals surface area contributed by atoms with Gasteiger partial charge >= 0.3 is 0 Å². The molecule has 27 heavy (non-hydrogen) atoms. The van der Waals surface area contributed by atoms with Crippen LogP contribution in [0.25, 0.3) is 11.3 Å². The molecule has 0 spiro atoms. The number of hydrogen-bond donors (Lipinski definition) is 2. The van der Waals surface area contributed by atoms with E-state index in [4.69, 9.17) is 14.2 Å². The van der Waals surface area contributed by atoms with Gasteiger partial charge in [0.2, 0.25) is 6.79 Å². The maximum absolute atomic E-state index is 6.06. The summed E-state index contributed by atoms with van der Waals surface area (Å²) in [4.78, 5) is 0. The van der Waals surface area contributed by atoms with Gasteiger partial charge in [0.05, 0.1) is 24.6 Å². The molecule has 1 aliphatic carbocycles. The Bertz CT molecular complexity index is 737. The van der Waals surface area contributed by atoms with Crippen LogP contribution in [-0.4, -0.2) is 36.2 Å². The minimum Gasteiger partial charge on any atom is -0.454 e. The van der Waals surface area contributed by atoms with Gasteiger partial charge in [0, 0.05) is 24.2 Å². The summed E-state index contributed by atoms with van der Waals surface area (Å²) in [6, 6.07) is 5.96. The zero-order chi connectivity index (χ0) is 17.8. The number of hydrogen-bond acceptors (Lipinski definition) is 5. The highest BCUT2D eigenvalue weighted by molar-refractivity contribution is 5.85. The van der Waals surface area contributed by atoms with Gasteiger partial charge in [-0.25, -0.2) is 0 Å². The molecular weight excluding hydrogens is 366 g/mol. The van der Waals surface area contributed by atoms with Crippen LogP contribution < -0.4 is 14.8 Å². The molecule has 2 N–H and O–H groups in total. The van der Waals surface area contributed by atoms with Crippen LogP contribution in [0.4, 0.5) is 0 Å². The molecule has 1 fully saturated rings. The normalized spacial score (nSPS) is 21.1. The number of ether oxygens (including phenoxy) is 3. The van der Waals surface area contributed by atoms with E-state index in [0.717, 1.165) is 48.0 Å². The van der Waals surface area contributed by atoms with Crippen LogP contribution in [0.15, 0.2) is 24.4 Å². The molecular formula is C20H28ClN3O3. The Balaban J connectivity index is 0.00000210. The van der Waals surface area contributed by atoms with Crippen LogP contribution in [0.5, 0.6) is 11.5 Å². The van der Waals surface area contributed by atoms with Gasteiger partial charge in [-0.2, -0.15) is 5.10 Å². The molecule has 1 aliphatic heterocycles. The fourth-order valence-corrected chi connectivity index (χ4v) is 3.78. The second kappa shape index (κ2) is 9.44. The van der Waals surface area contributed by atoms with Crippen LogP contribution in [0, 0.1) is 5.92 Å². The molecule has 2 heterocycles. The summed E-state index contributed by atoms with van der Waals surface area (Å²) >= 11 is 0. The molecule has 0 bridgehead atoms. The highest BCUT2D eigenvalue weighted by Crippen LogP contribution is 2.36. The summed E-state index contributed by atoms with van der Waals surface area (Å²) in [6.45, 7) is 4.95. The molecule has 2 unspecified atom stereocenters. The number of fused-ring (bicyclic) bond motifs is 1. The summed E-state index contributed by atoms with van der Waals surface area (Å²) in [6.07, 6.45) is 7.46. The lowest BCUT2D eigenvalue weighted by atomic mass is 9.88. The largest absolute Gasteiger partial charge is 0.454 e. The number of aromatic nitrogens is 2. The van der Waals surface area contributed by atoms with Crippen LogP contribution in [0.2, 0.25) is 0 Å². The lowest BCUT2D eigenvalue weighted by molar-refractivity contribution is -0.00322. The Hall–Kier alpha value is -1.76. The first kappa shape index (κ1) is 20.0. The maximum Gasteiger partial charge on any atom is 0.231 e. The van der Waals surface area contributed by atoms with E-state index in [1.165, 1.54) is 25.7 Å². The van der Waals surface area contributed by atoms with E-state index in [-0.39, 0.29) is 19.2 Å². The van der Waals surface area contributed by atoms with Gasteiger partial charge in [0.1, 0.15) is 0 Å². The maximum atomic E-state index is 6.06. The van der Waals surface area contributed by atoms with E-state index in [1.807, 2.05) is 24.4 Å². The molecule has 2 aromatic rings. The number of H-pyrrole nitrogens is 1. The number of nitrogens with zero attached hydrogens (tertiary/aromatic N) is 1. The summed E-state index contributed by atoms with van der Waals surface area (Å²) in [7, 11) is 0. The second-order valence-corrected chi connectivity index (χ2v) is 7.19. The van der Waals surface area contributed by atoms with Crippen LogP contribution in [0.1, 0.15) is 38.2 Å². The fourth-order valence-electron chi connectivity index (χ4n) is 3.78. The van der Waals surface area contributed by atoms with Gasteiger partial charge in [0.15, 0.2) is 11.5 Å². The lowest BCUT2D eigenvalue weighted by Gasteiger charge is -2.28. The zero-order valence-electron chi connectivity index (χ0n) is 15.7. The van der Waals surface area contributed by atoms with Crippen molar-refractivity contribution in [1.29, 1.82) is 0 Å².